The molecular weight excluding hydrogens is 294 g/mol. The highest BCUT2D eigenvalue weighted by atomic mass is 16.3. The summed E-state index contributed by atoms with van der Waals surface area (Å²) in [5.41, 5.74) is 15.0. The van der Waals surface area contributed by atoms with Gasteiger partial charge in [0.2, 0.25) is 0 Å². The van der Waals surface area contributed by atoms with Crippen molar-refractivity contribution in [1.29, 1.82) is 0 Å². The minimum Gasteiger partial charge on any atom is -0.508 e. The molecule has 0 bridgehead atoms. The number of hydrogen-bond acceptors (Lipinski definition) is 6. The van der Waals surface area contributed by atoms with E-state index in [-0.39, 0.29) is 22.8 Å². The molecule has 1 aromatic carbocycles. The van der Waals surface area contributed by atoms with Gasteiger partial charge < -0.3 is 16.6 Å². The Kier molecular flexibility index (Phi) is 3.33. The molecule has 0 aliphatic heterocycles. The third kappa shape index (κ3) is 2.22. The van der Waals surface area contributed by atoms with E-state index in [0.717, 1.165) is 5.56 Å². The van der Waals surface area contributed by atoms with Gasteiger partial charge in [-0.05, 0) is 36.6 Å². The van der Waals surface area contributed by atoms with Gasteiger partial charge in [0.15, 0.2) is 11.3 Å². The topological polar surface area (TPSA) is 128 Å². The van der Waals surface area contributed by atoms with Crippen molar-refractivity contribution in [2.75, 3.05) is 5.73 Å². The number of benzene rings is 1. The molecule has 3 rings (SSSR count). The normalized spacial score (nSPS) is 10.9. The summed E-state index contributed by atoms with van der Waals surface area (Å²) in [6.45, 7) is 3.65. The number of nitrogens with zero attached hydrogens (tertiary/aromatic N) is 3. The molecule has 0 saturated carbocycles. The van der Waals surface area contributed by atoms with Crippen molar-refractivity contribution in [3.8, 4) is 16.9 Å². The number of phenols is 1. The molecule has 0 saturated heterocycles. The Morgan fingerprint density at radius 1 is 1.13 bits per heavy atom. The van der Waals surface area contributed by atoms with Gasteiger partial charge in [-0.3, -0.25) is 9.78 Å². The standard InChI is InChI=1S/C16H15N5O2/c1-7-3-4-9(22)8(2)10(7)11-12(17)14(15(18)23)21-16-13(11)19-5-6-20-16/h3-6,22H,17H2,1-2H3,(H2,18,23). The second-order valence-electron chi connectivity index (χ2n) is 5.24. The number of fused-ring (bicyclic) bond motifs is 1. The zero-order valence-electron chi connectivity index (χ0n) is 12.7. The van der Waals surface area contributed by atoms with Crippen molar-refractivity contribution >= 4 is 22.8 Å². The van der Waals surface area contributed by atoms with Crippen LogP contribution >= 0.6 is 0 Å². The molecule has 0 aliphatic carbocycles. The van der Waals surface area contributed by atoms with E-state index in [1.54, 1.807) is 19.1 Å². The number of hydrogen-bond donors (Lipinski definition) is 3. The molecule has 3 aromatic rings. The fourth-order valence-corrected chi connectivity index (χ4v) is 2.66. The van der Waals surface area contributed by atoms with E-state index < -0.39 is 5.91 Å². The van der Waals surface area contributed by atoms with Crippen LogP contribution in [0.15, 0.2) is 24.5 Å². The van der Waals surface area contributed by atoms with E-state index in [4.69, 9.17) is 11.5 Å². The van der Waals surface area contributed by atoms with Gasteiger partial charge in [0, 0.05) is 18.0 Å². The molecule has 2 heterocycles. The molecule has 0 spiro atoms. The molecule has 5 N–H and O–H groups in total. The second kappa shape index (κ2) is 5.20. The van der Waals surface area contributed by atoms with E-state index >= 15 is 0 Å². The fraction of sp³-hybridized carbons (Fsp3) is 0.125. The van der Waals surface area contributed by atoms with Gasteiger partial charge in [-0.2, -0.15) is 0 Å². The molecule has 0 atom stereocenters. The summed E-state index contributed by atoms with van der Waals surface area (Å²) in [4.78, 5) is 24.2. The van der Waals surface area contributed by atoms with Gasteiger partial charge in [-0.15, -0.1) is 0 Å². The second-order valence-corrected chi connectivity index (χ2v) is 5.24. The summed E-state index contributed by atoms with van der Waals surface area (Å²) in [5, 5.41) is 10.0. The van der Waals surface area contributed by atoms with Crippen LogP contribution in [0.2, 0.25) is 0 Å². The first-order chi connectivity index (χ1) is 10.9. The minimum atomic E-state index is -0.744. The van der Waals surface area contributed by atoms with Gasteiger partial charge in [-0.25, -0.2) is 9.97 Å². The van der Waals surface area contributed by atoms with Gasteiger partial charge in [0.25, 0.3) is 5.91 Å². The van der Waals surface area contributed by atoms with E-state index in [0.29, 0.717) is 22.2 Å². The van der Waals surface area contributed by atoms with Crippen LogP contribution in [-0.4, -0.2) is 26.0 Å². The van der Waals surface area contributed by atoms with Crippen molar-refractivity contribution in [3.63, 3.8) is 0 Å². The van der Waals surface area contributed by atoms with Crippen molar-refractivity contribution in [2.45, 2.75) is 13.8 Å². The monoisotopic (exact) mass is 309 g/mol. The number of anilines is 1. The highest BCUT2D eigenvalue weighted by Gasteiger charge is 2.22. The van der Waals surface area contributed by atoms with E-state index in [9.17, 15) is 9.90 Å². The Morgan fingerprint density at radius 2 is 1.83 bits per heavy atom. The number of pyridine rings is 1. The largest absolute Gasteiger partial charge is 0.508 e. The average Bonchev–Trinajstić information content (AvgIpc) is 2.52. The summed E-state index contributed by atoms with van der Waals surface area (Å²) < 4.78 is 0. The number of primary amides is 1. The maximum absolute atomic E-state index is 11.7. The molecule has 1 amide bonds. The lowest BCUT2D eigenvalue weighted by Crippen LogP contribution is -2.17. The summed E-state index contributed by atoms with van der Waals surface area (Å²) in [5.74, 6) is -0.619. The van der Waals surface area contributed by atoms with Gasteiger partial charge >= 0.3 is 0 Å². The minimum absolute atomic E-state index is 0.0601. The highest BCUT2D eigenvalue weighted by molar-refractivity contribution is 6.07. The molecule has 116 valence electrons. The number of nitrogen functional groups attached to an aromatic ring is 1. The Morgan fingerprint density at radius 3 is 2.52 bits per heavy atom. The van der Waals surface area contributed by atoms with Gasteiger partial charge in [0.1, 0.15) is 11.3 Å². The van der Waals surface area contributed by atoms with Crippen molar-refractivity contribution in [2.24, 2.45) is 5.73 Å². The zero-order chi connectivity index (χ0) is 16.7. The van der Waals surface area contributed by atoms with E-state index in [1.807, 2.05) is 6.92 Å². The Bertz CT molecular complexity index is 953. The number of rotatable bonds is 2. The summed E-state index contributed by atoms with van der Waals surface area (Å²) in [6.07, 6.45) is 2.99. The molecule has 23 heavy (non-hydrogen) atoms. The molecule has 0 fully saturated rings. The fourth-order valence-electron chi connectivity index (χ4n) is 2.66. The van der Waals surface area contributed by atoms with E-state index in [1.165, 1.54) is 12.4 Å². The SMILES string of the molecule is Cc1ccc(O)c(C)c1-c1c(N)c(C(N)=O)nc2nccnc12. The molecular formula is C16H15N5O2. The third-order valence-electron chi connectivity index (χ3n) is 3.79. The molecule has 2 aromatic heterocycles. The molecule has 0 unspecified atom stereocenters. The number of aromatic nitrogens is 3. The van der Waals surface area contributed by atoms with Crippen LogP contribution in [0.4, 0.5) is 5.69 Å². The lowest BCUT2D eigenvalue weighted by molar-refractivity contribution is 0.0997. The van der Waals surface area contributed by atoms with Crippen LogP contribution in [0.3, 0.4) is 0 Å². The first-order valence-electron chi connectivity index (χ1n) is 6.91. The summed E-state index contributed by atoms with van der Waals surface area (Å²) in [6, 6.07) is 3.37. The van der Waals surface area contributed by atoms with Crippen LogP contribution in [0, 0.1) is 13.8 Å². The van der Waals surface area contributed by atoms with Gasteiger partial charge in [0.05, 0.1) is 5.69 Å². The number of amides is 1. The van der Waals surface area contributed by atoms with Crippen LogP contribution in [0.5, 0.6) is 5.75 Å². The Balaban J connectivity index is 2.53. The number of nitrogens with two attached hydrogens (primary N) is 2. The zero-order valence-corrected chi connectivity index (χ0v) is 12.7. The summed E-state index contributed by atoms with van der Waals surface area (Å²) in [7, 11) is 0. The van der Waals surface area contributed by atoms with Gasteiger partial charge in [-0.1, -0.05) is 6.07 Å². The van der Waals surface area contributed by atoms with Crippen molar-refractivity contribution in [3.05, 3.63) is 41.3 Å². The summed E-state index contributed by atoms with van der Waals surface area (Å²) >= 11 is 0. The van der Waals surface area contributed by atoms with Crippen LogP contribution in [0.1, 0.15) is 21.6 Å². The maximum atomic E-state index is 11.7. The number of carbonyl (C=O) groups is 1. The average molecular weight is 309 g/mol. The first kappa shape index (κ1) is 14.7. The highest BCUT2D eigenvalue weighted by Crippen LogP contribution is 2.39. The van der Waals surface area contributed by atoms with Crippen LogP contribution < -0.4 is 11.5 Å². The van der Waals surface area contributed by atoms with Crippen LogP contribution in [0.25, 0.3) is 22.3 Å². The predicted molar refractivity (Wildman–Crippen MR) is 86.8 cm³/mol. The first-order valence-corrected chi connectivity index (χ1v) is 6.91. The predicted octanol–water partition coefficient (Wildman–Crippen LogP) is 1.70. The van der Waals surface area contributed by atoms with Crippen molar-refractivity contribution in [1.82, 2.24) is 15.0 Å². The molecule has 7 nitrogen and oxygen atoms in total. The quantitative estimate of drug-likeness (QED) is 0.661. The Labute approximate surface area is 132 Å². The van der Waals surface area contributed by atoms with Crippen LogP contribution in [-0.2, 0) is 0 Å². The number of phenolic OH excluding ortho intramolecular Hbond substituents is 1. The number of aromatic hydroxyl groups is 1. The number of aryl methyl sites for hydroxylation is 1. The molecule has 7 heteroatoms. The molecule has 0 radical (unpaired) electrons. The lowest BCUT2D eigenvalue weighted by atomic mass is 9.93. The Hall–Kier alpha value is -3.22. The molecule has 0 aliphatic rings. The lowest BCUT2D eigenvalue weighted by Gasteiger charge is -2.16. The van der Waals surface area contributed by atoms with E-state index in [2.05, 4.69) is 15.0 Å². The number of carbonyl (C=O) groups excluding carboxylic acids is 1. The third-order valence-corrected chi connectivity index (χ3v) is 3.79. The maximum Gasteiger partial charge on any atom is 0.269 e. The smallest absolute Gasteiger partial charge is 0.269 e. The van der Waals surface area contributed by atoms with Crippen molar-refractivity contribution < 1.29 is 9.90 Å².